The van der Waals surface area contributed by atoms with E-state index >= 15 is 0 Å². The molecule has 0 radical (unpaired) electrons. The van der Waals surface area contributed by atoms with Gasteiger partial charge in [-0.1, -0.05) is 39.0 Å². The van der Waals surface area contributed by atoms with E-state index in [0.29, 0.717) is 0 Å². The third kappa shape index (κ3) is 4.55. The fourth-order valence-corrected chi connectivity index (χ4v) is 3.76. The fraction of sp³-hybridized carbons (Fsp3) is 1.00. The summed E-state index contributed by atoms with van der Waals surface area (Å²) in [6.07, 6.45) is 14.3. The molecule has 0 atom stereocenters. The van der Waals surface area contributed by atoms with Crippen LogP contribution in [0.5, 0.6) is 0 Å². The summed E-state index contributed by atoms with van der Waals surface area (Å²) in [4.78, 5) is 2.72. The van der Waals surface area contributed by atoms with Crippen molar-refractivity contribution in [3.05, 3.63) is 0 Å². The predicted molar refractivity (Wildman–Crippen MR) is 79.0 cm³/mol. The van der Waals surface area contributed by atoms with Gasteiger partial charge < -0.3 is 10.2 Å². The minimum Gasteiger partial charge on any atom is -0.314 e. The van der Waals surface area contributed by atoms with Crippen LogP contribution in [0.3, 0.4) is 0 Å². The quantitative estimate of drug-likeness (QED) is 0.697. The molecule has 0 unspecified atom stereocenters. The van der Waals surface area contributed by atoms with Crippen LogP contribution in [-0.2, 0) is 0 Å². The lowest BCUT2D eigenvalue weighted by molar-refractivity contribution is 0.204. The Morgan fingerprint density at radius 2 is 1.61 bits per heavy atom. The topological polar surface area (TPSA) is 15.3 Å². The highest BCUT2D eigenvalue weighted by Gasteiger charge is 2.20. The minimum atomic E-state index is 0.834. The maximum atomic E-state index is 3.76. The van der Waals surface area contributed by atoms with Gasteiger partial charge in [-0.25, -0.2) is 0 Å². The highest BCUT2D eigenvalue weighted by Crippen LogP contribution is 2.23. The molecule has 0 aromatic heterocycles. The van der Waals surface area contributed by atoms with Crippen molar-refractivity contribution in [1.29, 1.82) is 0 Å². The van der Waals surface area contributed by atoms with Gasteiger partial charge in [0.25, 0.3) is 0 Å². The zero-order valence-corrected chi connectivity index (χ0v) is 12.3. The molecule has 2 heteroatoms. The SMILES string of the molecule is CCN(CCCNC1CCCCC1)C1CCCC1. The van der Waals surface area contributed by atoms with Crippen LogP contribution in [0.2, 0.25) is 0 Å². The summed E-state index contributed by atoms with van der Waals surface area (Å²) in [7, 11) is 0. The monoisotopic (exact) mass is 252 g/mol. The van der Waals surface area contributed by atoms with Crippen molar-refractivity contribution in [1.82, 2.24) is 10.2 Å². The van der Waals surface area contributed by atoms with Crippen LogP contribution in [0.4, 0.5) is 0 Å². The molecule has 0 heterocycles. The first-order chi connectivity index (χ1) is 8.90. The average Bonchev–Trinajstić information content (AvgIpc) is 2.94. The molecule has 2 nitrogen and oxygen atoms in total. The van der Waals surface area contributed by atoms with Gasteiger partial charge >= 0.3 is 0 Å². The van der Waals surface area contributed by atoms with Crippen molar-refractivity contribution < 1.29 is 0 Å². The molecule has 0 saturated heterocycles. The third-order valence-electron chi connectivity index (χ3n) is 4.91. The van der Waals surface area contributed by atoms with Crippen LogP contribution < -0.4 is 5.32 Å². The van der Waals surface area contributed by atoms with Crippen molar-refractivity contribution >= 4 is 0 Å². The first-order valence-corrected chi connectivity index (χ1v) is 8.37. The first-order valence-electron chi connectivity index (χ1n) is 8.37. The maximum Gasteiger partial charge on any atom is 0.00951 e. The molecule has 0 aromatic rings. The summed E-state index contributed by atoms with van der Waals surface area (Å²) < 4.78 is 0. The molecule has 1 N–H and O–H groups in total. The van der Waals surface area contributed by atoms with Crippen molar-refractivity contribution in [2.24, 2.45) is 0 Å². The van der Waals surface area contributed by atoms with Crippen molar-refractivity contribution in [2.45, 2.75) is 83.2 Å². The Morgan fingerprint density at radius 3 is 2.28 bits per heavy atom. The zero-order chi connectivity index (χ0) is 12.6. The first kappa shape index (κ1) is 14.3. The van der Waals surface area contributed by atoms with E-state index in [0.717, 1.165) is 12.1 Å². The van der Waals surface area contributed by atoms with Gasteiger partial charge in [-0.2, -0.15) is 0 Å². The zero-order valence-electron chi connectivity index (χ0n) is 12.3. The molecule has 2 aliphatic carbocycles. The minimum absolute atomic E-state index is 0.834. The Balaban J connectivity index is 1.55. The largest absolute Gasteiger partial charge is 0.314 e. The van der Waals surface area contributed by atoms with E-state index in [-0.39, 0.29) is 0 Å². The van der Waals surface area contributed by atoms with Gasteiger partial charge in [0, 0.05) is 12.1 Å². The van der Waals surface area contributed by atoms with Crippen LogP contribution >= 0.6 is 0 Å². The summed E-state index contributed by atoms with van der Waals surface area (Å²) >= 11 is 0. The van der Waals surface area contributed by atoms with Gasteiger partial charge in [0.05, 0.1) is 0 Å². The van der Waals surface area contributed by atoms with E-state index in [2.05, 4.69) is 17.1 Å². The molecule has 2 rings (SSSR count). The summed E-state index contributed by atoms with van der Waals surface area (Å²) in [6.45, 7) is 6.11. The van der Waals surface area contributed by atoms with Crippen LogP contribution in [0.25, 0.3) is 0 Å². The molecule has 0 aromatic carbocycles. The summed E-state index contributed by atoms with van der Waals surface area (Å²) in [5.74, 6) is 0. The number of nitrogens with one attached hydrogen (secondary N) is 1. The van der Waals surface area contributed by atoms with Gasteiger partial charge in [-0.05, 0) is 51.7 Å². The van der Waals surface area contributed by atoms with Crippen LogP contribution in [0, 0.1) is 0 Å². The molecule has 2 fully saturated rings. The molecule has 106 valence electrons. The molecular weight excluding hydrogens is 220 g/mol. The van der Waals surface area contributed by atoms with Crippen LogP contribution in [0.15, 0.2) is 0 Å². The van der Waals surface area contributed by atoms with Crippen molar-refractivity contribution in [3.8, 4) is 0 Å². The maximum absolute atomic E-state index is 3.76. The van der Waals surface area contributed by atoms with Crippen LogP contribution in [0.1, 0.15) is 71.1 Å². The second kappa shape index (κ2) is 8.16. The molecule has 18 heavy (non-hydrogen) atoms. The average molecular weight is 252 g/mol. The highest BCUT2D eigenvalue weighted by molar-refractivity contribution is 4.77. The molecule has 0 aliphatic heterocycles. The van der Waals surface area contributed by atoms with E-state index in [9.17, 15) is 0 Å². The highest BCUT2D eigenvalue weighted by atomic mass is 15.1. The lowest BCUT2D eigenvalue weighted by Gasteiger charge is -2.28. The molecule has 0 spiro atoms. The number of rotatable bonds is 7. The lowest BCUT2D eigenvalue weighted by atomic mass is 9.95. The standard InChI is InChI=1S/C16H32N2/c1-2-18(16-11-6-7-12-16)14-8-13-17-15-9-4-3-5-10-15/h15-17H,2-14H2,1H3. The Bertz CT molecular complexity index is 205. The Labute approximate surface area is 114 Å². The second-order valence-corrected chi connectivity index (χ2v) is 6.21. The van der Waals surface area contributed by atoms with E-state index in [4.69, 9.17) is 0 Å². The number of hydrogen-bond acceptors (Lipinski definition) is 2. The second-order valence-electron chi connectivity index (χ2n) is 6.21. The Morgan fingerprint density at radius 1 is 0.944 bits per heavy atom. The van der Waals surface area contributed by atoms with E-state index in [1.165, 1.54) is 83.8 Å². The molecule has 0 bridgehead atoms. The summed E-state index contributed by atoms with van der Waals surface area (Å²) in [6, 6.07) is 1.74. The molecule has 2 saturated carbocycles. The van der Waals surface area contributed by atoms with Gasteiger partial charge in [0.2, 0.25) is 0 Å². The smallest absolute Gasteiger partial charge is 0.00951 e. The van der Waals surface area contributed by atoms with E-state index < -0.39 is 0 Å². The normalized spacial score (nSPS) is 23.0. The number of nitrogens with zero attached hydrogens (tertiary/aromatic N) is 1. The third-order valence-corrected chi connectivity index (χ3v) is 4.91. The fourth-order valence-electron chi connectivity index (χ4n) is 3.76. The summed E-state index contributed by atoms with van der Waals surface area (Å²) in [5, 5.41) is 3.76. The van der Waals surface area contributed by atoms with E-state index in [1.807, 2.05) is 0 Å². The lowest BCUT2D eigenvalue weighted by Crippen LogP contribution is -2.37. The Hall–Kier alpha value is -0.0800. The van der Waals surface area contributed by atoms with Gasteiger partial charge in [0.1, 0.15) is 0 Å². The number of hydrogen-bond donors (Lipinski definition) is 1. The predicted octanol–water partition coefficient (Wildman–Crippen LogP) is 3.56. The molecular formula is C16H32N2. The van der Waals surface area contributed by atoms with Crippen molar-refractivity contribution in [3.63, 3.8) is 0 Å². The summed E-state index contributed by atoms with van der Waals surface area (Å²) in [5.41, 5.74) is 0. The Kier molecular flexibility index (Phi) is 6.50. The van der Waals surface area contributed by atoms with Gasteiger partial charge in [-0.3, -0.25) is 0 Å². The molecule has 0 amide bonds. The van der Waals surface area contributed by atoms with Crippen molar-refractivity contribution in [2.75, 3.05) is 19.6 Å². The van der Waals surface area contributed by atoms with Gasteiger partial charge in [-0.15, -0.1) is 0 Å². The van der Waals surface area contributed by atoms with Crippen LogP contribution in [-0.4, -0.2) is 36.6 Å². The van der Waals surface area contributed by atoms with E-state index in [1.54, 1.807) is 0 Å². The van der Waals surface area contributed by atoms with Gasteiger partial charge in [0.15, 0.2) is 0 Å². The molecule has 2 aliphatic rings.